The van der Waals surface area contributed by atoms with Crippen molar-refractivity contribution < 1.29 is 23.6 Å². The highest BCUT2D eigenvalue weighted by molar-refractivity contribution is 5.96. The lowest BCUT2D eigenvalue weighted by Gasteiger charge is -2.14. The number of aromatic nitrogens is 3. The fourth-order valence-electron chi connectivity index (χ4n) is 2.78. The number of esters is 1. The molecule has 0 fully saturated rings. The van der Waals surface area contributed by atoms with E-state index in [1.165, 1.54) is 24.9 Å². The minimum absolute atomic E-state index is 0.0358. The normalized spacial score (nSPS) is 11.6. The summed E-state index contributed by atoms with van der Waals surface area (Å²) in [5.41, 5.74) is 1.92. The molecule has 3 rings (SSSR count). The van der Waals surface area contributed by atoms with Gasteiger partial charge >= 0.3 is 5.97 Å². The number of rotatable bonds is 8. The molecule has 2 aromatic heterocycles. The topological polar surface area (TPSA) is 116 Å². The number of benzene rings is 1. The van der Waals surface area contributed by atoms with Gasteiger partial charge in [0.1, 0.15) is 0 Å². The Balaban J connectivity index is 1.78. The number of aryl methyl sites for hydroxylation is 1. The summed E-state index contributed by atoms with van der Waals surface area (Å²) in [5, 5.41) is 6.71. The molecule has 0 spiro atoms. The molecule has 162 valence electrons. The zero-order valence-corrected chi connectivity index (χ0v) is 17.8. The van der Waals surface area contributed by atoms with Crippen LogP contribution in [0, 0.1) is 0 Å². The van der Waals surface area contributed by atoms with Crippen molar-refractivity contribution in [2.45, 2.75) is 39.7 Å². The van der Waals surface area contributed by atoms with Crippen LogP contribution in [0.2, 0.25) is 0 Å². The lowest BCUT2D eigenvalue weighted by Crippen LogP contribution is -2.29. The van der Waals surface area contributed by atoms with Crippen molar-refractivity contribution in [2.75, 3.05) is 7.11 Å². The van der Waals surface area contributed by atoms with Crippen molar-refractivity contribution in [1.29, 1.82) is 0 Å². The number of methoxy groups -OCH3 is 1. The highest BCUT2D eigenvalue weighted by Crippen LogP contribution is 2.30. The number of nitrogens with one attached hydrogen (secondary N) is 1. The summed E-state index contributed by atoms with van der Waals surface area (Å²) < 4.78 is 15.8. The van der Waals surface area contributed by atoms with Crippen LogP contribution in [0.1, 0.15) is 55.1 Å². The van der Waals surface area contributed by atoms with Crippen molar-refractivity contribution in [3.05, 3.63) is 53.6 Å². The van der Waals surface area contributed by atoms with Crippen LogP contribution in [-0.2, 0) is 11.2 Å². The van der Waals surface area contributed by atoms with E-state index in [0.29, 0.717) is 11.7 Å². The van der Waals surface area contributed by atoms with Crippen LogP contribution in [0.4, 0.5) is 0 Å². The molecule has 0 saturated carbocycles. The smallest absolute Gasteiger partial charge is 0.311 e. The molecule has 31 heavy (non-hydrogen) atoms. The molecule has 1 N–H and O–H groups in total. The second-order valence-electron chi connectivity index (χ2n) is 6.72. The van der Waals surface area contributed by atoms with E-state index in [9.17, 15) is 9.59 Å². The molecule has 3 aromatic rings. The molecule has 0 radical (unpaired) electrons. The Bertz CT molecular complexity index is 1060. The maximum atomic E-state index is 12.8. The van der Waals surface area contributed by atoms with Gasteiger partial charge < -0.3 is 19.3 Å². The minimum atomic E-state index is -0.581. The number of pyridine rings is 1. The first-order valence-corrected chi connectivity index (χ1v) is 9.94. The molecule has 1 aromatic carbocycles. The summed E-state index contributed by atoms with van der Waals surface area (Å²) in [5.74, 6) is -0.221. The summed E-state index contributed by atoms with van der Waals surface area (Å²) in [7, 11) is 1.41. The number of carbonyl (C=O) groups excluding carboxylic acids is 2. The van der Waals surface area contributed by atoms with Crippen LogP contribution in [0.15, 0.2) is 41.1 Å². The van der Waals surface area contributed by atoms with E-state index in [1.807, 2.05) is 24.3 Å². The zero-order chi connectivity index (χ0) is 22.4. The van der Waals surface area contributed by atoms with E-state index in [0.717, 1.165) is 12.0 Å². The van der Waals surface area contributed by atoms with Crippen molar-refractivity contribution in [3.8, 4) is 23.0 Å². The van der Waals surface area contributed by atoms with Gasteiger partial charge in [0, 0.05) is 24.2 Å². The maximum Gasteiger partial charge on any atom is 0.311 e. The third kappa shape index (κ3) is 5.06. The standard InChI is InChI=1S/C22H24N4O5/c1-5-14-7-9-15(10-8-14)22-25-20(26-31-22)13(3)24-21(28)18-19(30-17(27)6-2)16(29-4)11-12-23-18/h7-13H,5-6H2,1-4H3,(H,24,28)/t13-/m0/s1. The largest absolute Gasteiger partial charge is 0.493 e. The van der Waals surface area contributed by atoms with E-state index in [2.05, 4.69) is 27.4 Å². The summed E-state index contributed by atoms with van der Waals surface area (Å²) in [6.45, 7) is 5.44. The fourth-order valence-corrected chi connectivity index (χ4v) is 2.78. The molecule has 2 heterocycles. The lowest BCUT2D eigenvalue weighted by molar-refractivity contribution is -0.134. The first-order valence-electron chi connectivity index (χ1n) is 9.94. The molecule has 0 bridgehead atoms. The maximum absolute atomic E-state index is 12.8. The summed E-state index contributed by atoms with van der Waals surface area (Å²) in [6.07, 6.45) is 2.47. The Kier molecular flexibility index (Phi) is 6.96. The third-order valence-corrected chi connectivity index (χ3v) is 4.59. The van der Waals surface area contributed by atoms with E-state index in [1.54, 1.807) is 13.8 Å². The summed E-state index contributed by atoms with van der Waals surface area (Å²) >= 11 is 0. The highest BCUT2D eigenvalue weighted by Gasteiger charge is 2.24. The zero-order valence-electron chi connectivity index (χ0n) is 17.8. The molecular weight excluding hydrogens is 400 g/mol. The van der Waals surface area contributed by atoms with Crippen LogP contribution in [0.5, 0.6) is 11.5 Å². The van der Waals surface area contributed by atoms with Gasteiger partial charge in [-0.1, -0.05) is 31.1 Å². The second kappa shape index (κ2) is 9.84. The van der Waals surface area contributed by atoms with E-state index >= 15 is 0 Å². The first-order chi connectivity index (χ1) is 15.0. The summed E-state index contributed by atoms with van der Waals surface area (Å²) in [4.78, 5) is 33.0. The molecule has 0 aliphatic carbocycles. The lowest BCUT2D eigenvalue weighted by atomic mass is 10.1. The van der Waals surface area contributed by atoms with Gasteiger partial charge in [-0.2, -0.15) is 4.98 Å². The van der Waals surface area contributed by atoms with Crippen molar-refractivity contribution in [2.24, 2.45) is 0 Å². The molecular formula is C22H24N4O5. The van der Waals surface area contributed by atoms with E-state index < -0.39 is 17.9 Å². The van der Waals surface area contributed by atoms with Crippen LogP contribution < -0.4 is 14.8 Å². The molecule has 9 nitrogen and oxygen atoms in total. The van der Waals surface area contributed by atoms with Crippen molar-refractivity contribution in [3.63, 3.8) is 0 Å². The molecule has 9 heteroatoms. The average molecular weight is 424 g/mol. The number of carbonyl (C=O) groups is 2. The molecule has 1 amide bonds. The van der Waals surface area contributed by atoms with Gasteiger partial charge in [0.15, 0.2) is 17.3 Å². The second-order valence-corrected chi connectivity index (χ2v) is 6.72. The molecule has 1 atom stereocenters. The predicted molar refractivity (Wildman–Crippen MR) is 112 cm³/mol. The van der Waals surface area contributed by atoms with Crippen LogP contribution in [0.3, 0.4) is 0 Å². The third-order valence-electron chi connectivity index (χ3n) is 4.59. The van der Waals surface area contributed by atoms with Gasteiger partial charge in [-0.15, -0.1) is 0 Å². The monoisotopic (exact) mass is 424 g/mol. The Morgan fingerprint density at radius 1 is 1.16 bits per heavy atom. The first kappa shape index (κ1) is 21.9. The van der Waals surface area contributed by atoms with Gasteiger partial charge in [0.2, 0.25) is 5.75 Å². The Labute approximate surface area is 179 Å². The van der Waals surface area contributed by atoms with Crippen LogP contribution >= 0.6 is 0 Å². The van der Waals surface area contributed by atoms with Gasteiger partial charge in [0.05, 0.1) is 13.2 Å². The molecule has 0 saturated heterocycles. The van der Waals surface area contributed by atoms with E-state index in [4.69, 9.17) is 14.0 Å². The Morgan fingerprint density at radius 3 is 2.55 bits per heavy atom. The predicted octanol–water partition coefficient (Wildman–Crippen LogP) is 3.51. The minimum Gasteiger partial charge on any atom is -0.493 e. The Morgan fingerprint density at radius 2 is 1.90 bits per heavy atom. The number of nitrogens with zero attached hydrogens (tertiary/aromatic N) is 3. The van der Waals surface area contributed by atoms with Crippen LogP contribution in [-0.4, -0.2) is 34.1 Å². The van der Waals surface area contributed by atoms with Gasteiger partial charge in [0.25, 0.3) is 11.8 Å². The number of amides is 1. The summed E-state index contributed by atoms with van der Waals surface area (Å²) in [6, 6.07) is 8.74. The van der Waals surface area contributed by atoms with Crippen molar-refractivity contribution >= 4 is 11.9 Å². The average Bonchev–Trinajstić information content (AvgIpc) is 3.29. The Hall–Kier alpha value is -3.75. The van der Waals surface area contributed by atoms with Gasteiger partial charge in [-0.25, -0.2) is 4.98 Å². The van der Waals surface area contributed by atoms with Crippen LogP contribution in [0.25, 0.3) is 11.5 Å². The molecule has 0 aliphatic rings. The number of ether oxygens (including phenoxy) is 2. The van der Waals surface area contributed by atoms with Gasteiger partial charge in [-0.05, 0) is 31.0 Å². The fraction of sp³-hybridized carbons (Fsp3) is 0.318. The quantitative estimate of drug-likeness (QED) is 0.546. The molecule has 0 aliphatic heterocycles. The van der Waals surface area contributed by atoms with Gasteiger partial charge in [-0.3, -0.25) is 9.59 Å². The highest BCUT2D eigenvalue weighted by atomic mass is 16.6. The SMILES string of the molecule is CCC(=O)Oc1c(OC)ccnc1C(=O)N[C@@H](C)c1noc(-c2ccc(CC)cc2)n1. The number of hydrogen-bond donors (Lipinski definition) is 1. The molecule has 0 unspecified atom stereocenters. The number of hydrogen-bond acceptors (Lipinski definition) is 8. The van der Waals surface area contributed by atoms with Crippen molar-refractivity contribution in [1.82, 2.24) is 20.4 Å². The van der Waals surface area contributed by atoms with E-state index in [-0.39, 0.29) is 23.6 Å².